The molecule has 0 radical (unpaired) electrons. The second-order valence-electron chi connectivity index (χ2n) is 7.40. The van der Waals surface area contributed by atoms with Gasteiger partial charge in [-0.3, -0.25) is 14.2 Å². The van der Waals surface area contributed by atoms with E-state index in [2.05, 4.69) is 28.2 Å². The minimum atomic E-state index is 0.0768. The van der Waals surface area contributed by atoms with Gasteiger partial charge >= 0.3 is 0 Å². The Morgan fingerprint density at radius 1 is 1.07 bits per heavy atom. The predicted octanol–water partition coefficient (Wildman–Crippen LogP) is 4.07. The van der Waals surface area contributed by atoms with Crippen LogP contribution in [0.25, 0.3) is 28.3 Å². The van der Waals surface area contributed by atoms with Gasteiger partial charge in [0.1, 0.15) is 0 Å². The first-order valence-corrected chi connectivity index (χ1v) is 9.79. The van der Waals surface area contributed by atoms with Crippen LogP contribution in [-0.2, 0) is 11.2 Å². The van der Waals surface area contributed by atoms with Gasteiger partial charge in [-0.05, 0) is 49.6 Å². The Bertz CT molecular complexity index is 1240. The van der Waals surface area contributed by atoms with E-state index in [1.165, 1.54) is 5.56 Å². The molecule has 1 aliphatic rings. The quantitative estimate of drug-likeness (QED) is 0.524. The number of hydrogen-bond acceptors (Lipinski definition) is 4. The first-order chi connectivity index (χ1) is 14.1. The first-order valence-electron chi connectivity index (χ1n) is 9.79. The molecule has 5 rings (SSSR count). The standard InChI is InChI=1S/C23H21N5O/c1-15-13-18(8-10-24-15)21-22(28-12-4-9-25-23(28)26-21)19-7-6-17-5-3-11-27(16(2)29)20(17)14-19/h4,6-10,12-14H,3,5,11H2,1-2H3. The van der Waals surface area contributed by atoms with E-state index >= 15 is 0 Å². The lowest BCUT2D eigenvalue weighted by Crippen LogP contribution is -2.33. The Kier molecular flexibility index (Phi) is 4.12. The summed E-state index contributed by atoms with van der Waals surface area (Å²) in [5, 5.41) is 0. The summed E-state index contributed by atoms with van der Waals surface area (Å²) in [6.45, 7) is 4.36. The molecule has 1 amide bonds. The van der Waals surface area contributed by atoms with Crippen LogP contribution in [0.3, 0.4) is 0 Å². The van der Waals surface area contributed by atoms with Gasteiger partial charge in [0.05, 0.1) is 11.4 Å². The number of benzene rings is 1. The van der Waals surface area contributed by atoms with Gasteiger partial charge in [-0.15, -0.1) is 0 Å². The third-order valence-corrected chi connectivity index (χ3v) is 5.43. The van der Waals surface area contributed by atoms with Gasteiger partial charge in [0.25, 0.3) is 0 Å². The van der Waals surface area contributed by atoms with Crippen molar-refractivity contribution in [2.24, 2.45) is 0 Å². The van der Waals surface area contributed by atoms with Crippen LogP contribution in [0.5, 0.6) is 0 Å². The van der Waals surface area contributed by atoms with E-state index in [1.807, 2.05) is 40.6 Å². The number of aromatic nitrogens is 4. The molecule has 1 aromatic carbocycles. The lowest BCUT2D eigenvalue weighted by atomic mass is 9.97. The van der Waals surface area contributed by atoms with Crippen molar-refractivity contribution < 1.29 is 4.79 Å². The summed E-state index contributed by atoms with van der Waals surface area (Å²) in [4.78, 5) is 27.6. The summed E-state index contributed by atoms with van der Waals surface area (Å²) in [6.07, 6.45) is 7.51. The highest BCUT2D eigenvalue weighted by atomic mass is 16.2. The zero-order valence-corrected chi connectivity index (χ0v) is 16.5. The fourth-order valence-corrected chi connectivity index (χ4v) is 4.11. The van der Waals surface area contributed by atoms with E-state index in [-0.39, 0.29) is 5.91 Å². The highest BCUT2D eigenvalue weighted by Gasteiger charge is 2.23. The summed E-state index contributed by atoms with van der Waals surface area (Å²) < 4.78 is 2.01. The molecule has 0 saturated carbocycles. The lowest BCUT2D eigenvalue weighted by Gasteiger charge is -2.29. The number of nitrogens with zero attached hydrogens (tertiary/aromatic N) is 5. The SMILES string of the molecule is CC(=O)N1CCCc2ccc(-c3c(-c4ccnc(C)c4)nc4ncccn34)cc21. The third kappa shape index (κ3) is 2.97. The van der Waals surface area contributed by atoms with Crippen LogP contribution < -0.4 is 4.90 Å². The smallest absolute Gasteiger partial charge is 0.234 e. The third-order valence-electron chi connectivity index (χ3n) is 5.43. The van der Waals surface area contributed by atoms with E-state index in [9.17, 15) is 4.79 Å². The monoisotopic (exact) mass is 383 g/mol. The molecule has 6 nitrogen and oxygen atoms in total. The molecular formula is C23H21N5O. The molecule has 4 heterocycles. The molecule has 6 heteroatoms. The van der Waals surface area contributed by atoms with E-state index in [4.69, 9.17) is 4.98 Å². The molecule has 0 N–H and O–H groups in total. The Morgan fingerprint density at radius 2 is 1.97 bits per heavy atom. The maximum absolute atomic E-state index is 12.2. The molecule has 0 atom stereocenters. The normalized spacial score (nSPS) is 13.5. The number of fused-ring (bicyclic) bond motifs is 2. The minimum Gasteiger partial charge on any atom is -0.312 e. The van der Waals surface area contributed by atoms with Crippen LogP contribution in [0.15, 0.2) is 55.0 Å². The number of pyridine rings is 1. The van der Waals surface area contributed by atoms with Crippen molar-refractivity contribution in [3.8, 4) is 22.5 Å². The molecule has 29 heavy (non-hydrogen) atoms. The number of carbonyl (C=O) groups is 1. The number of imidazole rings is 1. The number of anilines is 1. The van der Waals surface area contributed by atoms with Gasteiger partial charge in [0, 0.05) is 54.6 Å². The van der Waals surface area contributed by atoms with Crippen molar-refractivity contribution in [2.75, 3.05) is 11.4 Å². The maximum Gasteiger partial charge on any atom is 0.234 e. The summed E-state index contributed by atoms with van der Waals surface area (Å²) >= 11 is 0. The van der Waals surface area contributed by atoms with Gasteiger partial charge in [-0.1, -0.05) is 12.1 Å². The Balaban J connectivity index is 1.76. The fourth-order valence-electron chi connectivity index (χ4n) is 4.11. The summed E-state index contributed by atoms with van der Waals surface area (Å²) in [6, 6.07) is 12.3. The molecule has 0 unspecified atom stereocenters. The molecule has 1 aliphatic heterocycles. The molecule has 0 bridgehead atoms. The Hall–Kier alpha value is -3.54. The van der Waals surface area contributed by atoms with Crippen molar-refractivity contribution >= 4 is 17.4 Å². The van der Waals surface area contributed by atoms with Crippen LogP contribution in [0, 0.1) is 6.92 Å². The number of aryl methyl sites for hydroxylation is 2. The minimum absolute atomic E-state index is 0.0768. The number of amides is 1. The summed E-state index contributed by atoms with van der Waals surface area (Å²) in [7, 11) is 0. The van der Waals surface area contributed by atoms with E-state index in [0.717, 1.165) is 53.3 Å². The average Bonchev–Trinajstić information content (AvgIpc) is 3.12. The number of rotatable bonds is 2. The zero-order valence-electron chi connectivity index (χ0n) is 16.5. The molecule has 0 spiro atoms. The van der Waals surface area contributed by atoms with Crippen molar-refractivity contribution in [1.29, 1.82) is 0 Å². The molecule has 144 valence electrons. The average molecular weight is 383 g/mol. The molecule has 4 aromatic rings. The lowest BCUT2D eigenvalue weighted by molar-refractivity contribution is -0.116. The summed E-state index contributed by atoms with van der Waals surface area (Å²) in [5.74, 6) is 0.723. The molecular weight excluding hydrogens is 362 g/mol. The van der Waals surface area contributed by atoms with Crippen molar-refractivity contribution in [3.05, 3.63) is 66.2 Å². The fraction of sp³-hybridized carbons (Fsp3) is 0.217. The van der Waals surface area contributed by atoms with Gasteiger partial charge in [-0.2, -0.15) is 0 Å². The Morgan fingerprint density at radius 3 is 2.79 bits per heavy atom. The summed E-state index contributed by atoms with van der Waals surface area (Å²) in [5.41, 5.74) is 6.99. The maximum atomic E-state index is 12.2. The topological polar surface area (TPSA) is 63.4 Å². The second-order valence-corrected chi connectivity index (χ2v) is 7.40. The van der Waals surface area contributed by atoms with E-state index in [1.54, 1.807) is 19.3 Å². The van der Waals surface area contributed by atoms with Gasteiger partial charge in [-0.25, -0.2) is 9.97 Å². The second kappa shape index (κ2) is 6.81. The molecule has 0 fully saturated rings. The van der Waals surface area contributed by atoms with Crippen LogP contribution >= 0.6 is 0 Å². The van der Waals surface area contributed by atoms with Crippen molar-refractivity contribution in [3.63, 3.8) is 0 Å². The van der Waals surface area contributed by atoms with Crippen molar-refractivity contribution in [2.45, 2.75) is 26.7 Å². The van der Waals surface area contributed by atoms with Gasteiger partial charge < -0.3 is 4.90 Å². The van der Waals surface area contributed by atoms with Gasteiger partial charge in [0.15, 0.2) is 0 Å². The van der Waals surface area contributed by atoms with Gasteiger partial charge in [0.2, 0.25) is 11.7 Å². The molecule has 3 aromatic heterocycles. The largest absolute Gasteiger partial charge is 0.312 e. The zero-order chi connectivity index (χ0) is 20.0. The molecule has 0 aliphatic carbocycles. The van der Waals surface area contributed by atoms with Crippen LogP contribution in [-0.4, -0.2) is 31.8 Å². The Labute approximate surface area is 168 Å². The van der Waals surface area contributed by atoms with Crippen LogP contribution in [0.1, 0.15) is 24.6 Å². The predicted molar refractivity (Wildman–Crippen MR) is 113 cm³/mol. The van der Waals surface area contributed by atoms with E-state index < -0.39 is 0 Å². The highest BCUT2D eigenvalue weighted by Crippen LogP contribution is 2.37. The van der Waals surface area contributed by atoms with Crippen molar-refractivity contribution in [1.82, 2.24) is 19.4 Å². The van der Waals surface area contributed by atoms with Crippen LogP contribution in [0.4, 0.5) is 5.69 Å². The highest BCUT2D eigenvalue weighted by molar-refractivity contribution is 5.94. The van der Waals surface area contributed by atoms with E-state index in [0.29, 0.717) is 5.78 Å². The number of hydrogen-bond donors (Lipinski definition) is 0. The van der Waals surface area contributed by atoms with Crippen LogP contribution in [0.2, 0.25) is 0 Å². The first kappa shape index (κ1) is 17.6. The number of carbonyl (C=O) groups excluding carboxylic acids is 1. The molecule has 0 saturated heterocycles.